The predicted molar refractivity (Wildman–Crippen MR) is 105 cm³/mol. The summed E-state index contributed by atoms with van der Waals surface area (Å²) in [7, 11) is 3.51. The molecule has 0 radical (unpaired) electrons. The zero-order chi connectivity index (χ0) is 20.0. The number of piperidine rings is 1. The standard InChI is InChI=1S/C21H28N4O3/c1-13(2)18-9-16(22-28-18)12-24-10-14-8-15(11-24)20(21(27)23(3)4)25-17(14)6-5-7-19(25)26/h5-7,9,13-15,20H,8,10-12H2,1-4H3/t14-,15+,20-/m1/s1. The fourth-order valence-corrected chi connectivity index (χ4v) is 4.64. The van der Waals surface area contributed by atoms with Gasteiger partial charge in [-0.05, 0) is 12.5 Å². The van der Waals surface area contributed by atoms with Crippen molar-refractivity contribution >= 4 is 5.91 Å². The van der Waals surface area contributed by atoms with Crippen LogP contribution in [0.2, 0.25) is 0 Å². The molecule has 2 aliphatic rings. The molecule has 28 heavy (non-hydrogen) atoms. The number of fused-ring (bicyclic) bond motifs is 4. The first-order valence-corrected chi connectivity index (χ1v) is 9.95. The normalized spacial score (nSPS) is 24.2. The zero-order valence-corrected chi connectivity index (χ0v) is 17.0. The predicted octanol–water partition coefficient (Wildman–Crippen LogP) is 2.21. The maximum absolute atomic E-state index is 13.0. The molecule has 2 bridgehead atoms. The van der Waals surface area contributed by atoms with Crippen molar-refractivity contribution in [2.45, 2.75) is 44.7 Å². The van der Waals surface area contributed by atoms with Crippen LogP contribution >= 0.6 is 0 Å². The van der Waals surface area contributed by atoms with Crippen LogP contribution in [0.25, 0.3) is 0 Å². The van der Waals surface area contributed by atoms with E-state index in [9.17, 15) is 9.59 Å². The van der Waals surface area contributed by atoms with Crippen molar-refractivity contribution in [3.05, 3.63) is 51.8 Å². The molecule has 0 spiro atoms. The molecule has 150 valence electrons. The number of likely N-dealkylation sites (tertiary alicyclic amines) is 1. The summed E-state index contributed by atoms with van der Waals surface area (Å²) in [6, 6.07) is 6.93. The van der Waals surface area contributed by atoms with Crippen LogP contribution in [0.1, 0.15) is 55.3 Å². The molecule has 1 amide bonds. The van der Waals surface area contributed by atoms with Gasteiger partial charge in [-0.25, -0.2) is 0 Å². The van der Waals surface area contributed by atoms with Crippen molar-refractivity contribution in [3.63, 3.8) is 0 Å². The van der Waals surface area contributed by atoms with Gasteiger partial charge in [0, 0.05) is 69.3 Å². The van der Waals surface area contributed by atoms with Gasteiger partial charge in [-0.2, -0.15) is 0 Å². The Labute approximate surface area is 164 Å². The Morgan fingerprint density at radius 1 is 1.32 bits per heavy atom. The minimum atomic E-state index is -0.443. The van der Waals surface area contributed by atoms with E-state index >= 15 is 0 Å². The first kappa shape index (κ1) is 18.9. The van der Waals surface area contributed by atoms with Crippen LogP contribution in [-0.4, -0.2) is 52.6 Å². The van der Waals surface area contributed by atoms with Gasteiger partial charge in [-0.1, -0.05) is 25.1 Å². The van der Waals surface area contributed by atoms with Gasteiger partial charge in [0.1, 0.15) is 11.8 Å². The first-order valence-electron chi connectivity index (χ1n) is 9.95. The zero-order valence-electron chi connectivity index (χ0n) is 17.0. The van der Waals surface area contributed by atoms with Crippen LogP contribution in [0, 0.1) is 5.92 Å². The Kier molecular flexibility index (Phi) is 4.87. The molecule has 0 N–H and O–H groups in total. The largest absolute Gasteiger partial charge is 0.361 e. The molecule has 4 heterocycles. The molecule has 0 unspecified atom stereocenters. The highest BCUT2D eigenvalue weighted by Gasteiger charge is 2.44. The molecule has 7 nitrogen and oxygen atoms in total. The van der Waals surface area contributed by atoms with Crippen LogP contribution in [0.4, 0.5) is 0 Å². The van der Waals surface area contributed by atoms with E-state index < -0.39 is 6.04 Å². The molecule has 0 aliphatic carbocycles. The highest BCUT2D eigenvalue weighted by Crippen LogP contribution is 2.42. The number of rotatable bonds is 4. The molecule has 4 rings (SSSR count). The van der Waals surface area contributed by atoms with Gasteiger partial charge in [-0.15, -0.1) is 0 Å². The number of amides is 1. The molecular formula is C21H28N4O3. The van der Waals surface area contributed by atoms with Gasteiger partial charge in [0.15, 0.2) is 0 Å². The quantitative estimate of drug-likeness (QED) is 0.808. The van der Waals surface area contributed by atoms with E-state index in [1.54, 1.807) is 35.7 Å². The molecule has 1 fully saturated rings. The van der Waals surface area contributed by atoms with E-state index in [2.05, 4.69) is 23.9 Å². The lowest BCUT2D eigenvalue weighted by atomic mass is 9.78. The molecule has 2 aliphatic heterocycles. The van der Waals surface area contributed by atoms with Crippen molar-refractivity contribution in [2.24, 2.45) is 5.92 Å². The third-order valence-corrected chi connectivity index (χ3v) is 5.95. The van der Waals surface area contributed by atoms with E-state index in [1.165, 1.54) is 0 Å². The lowest BCUT2D eigenvalue weighted by Gasteiger charge is -2.46. The Balaban J connectivity index is 1.65. The number of pyridine rings is 1. The second kappa shape index (κ2) is 7.20. The van der Waals surface area contributed by atoms with Gasteiger partial charge < -0.3 is 9.42 Å². The molecular weight excluding hydrogens is 356 g/mol. The maximum atomic E-state index is 13.0. The Hall–Kier alpha value is -2.41. The SMILES string of the molecule is CC(C)c1cc(CN2C[C@H]3C[C@@H](C2)[C@H](C(=O)N(C)C)n2c3cccc2=O)no1. The van der Waals surface area contributed by atoms with Crippen molar-refractivity contribution in [2.75, 3.05) is 27.2 Å². The summed E-state index contributed by atoms with van der Waals surface area (Å²) < 4.78 is 7.18. The third kappa shape index (κ3) is 3.28. The summed E-state index contributed by atoms with van der Waals surface area (Å²) in [5.41, 5.74) is 1.81. The van der Waals surface area contributed by atoms with E-state index in [0.717, 1.165) is 36.7 Å². The molecule has 1 saturated heterocycles. The number of hydrogen-bond donors (Lipinski definition) is 0. The first-order chi connectivity index (χ1) is 13.3. The van der Waals surface area contributed by atoms with Crippen LogP contribution in [0.5, 0.6) is 0 Å². The molecule has 7 heteroatoms. The maximum Gasteiger partial charge on any atom is 0.251 e. The minimum absolute atomic E-state index is 0.0108. The van der Waals surface area contributed by atoms with E-state index in [-0.39, 0.29) is 23.3 Å². The van der Waals surface area contributed by atoms with Gasteiger partial charge in [-0.3, -0.25) is 19.1 Å². The Morgan fingerprint density at radius 2 is 2.11 bits per heavy atom. The Morgan fingerprint density at radius 3 is 2.79 bits per heavy atom. The minimum Gasteiger partial charge on any atom is -0.361 e. The van der Waals surface area contributed by atoms with Gasteiger partial charge in [0.25, 0.3) is 5.56 Å². The number of carbonyl (C=O) groups is 1. The van der Waals surface area contributed by atoms with Gasteiger partial charge >= 0.3 is 0 Å². The van der Waals surface area contributed by atoms with Crippen molar-refractivity contribution in [1.29, 1.82) is 0 Å². The fraction of sp³-hybridized carbons (Fsp3) is 0.571. The van der Waals surface area contributed by atoms with Crippen molar-refractivity contribution in [1.82, 2.24) is 19.5 Å². The molecule has 2 aromatic rings. The number of carbonyl (C=O) groups excluding carboxylic acids is 1. The topological polar surface area (TPSA) is 71.6 Å². The van der Waals surface area contributed by atoms with Gasteiger partial charge in [0.05, 0.1) is 5.69 Å². The molecule has 2 aromatic heterocycles. The highest BCUT2D eigenvalue weighted by molar-refractivity contribution is 5.80. The highest BCUT2D eigenvalue weighted by atomic mass is 16.5. The Bertz CT molecular complexity index is 930. The summed E-state index contributed by atoms with van der Waals surface area (Å²) in [5, 5.41) is 4.22. The van der Waals surface area contributed by atoms with Gasteiger partial charge in [0.2, 0.25) is 5.91 Å². The molecule has 3 atom stereocenters. The summed E-state index contributed by atoms with van der Waals surface area (Å²) in [6.07, 6.45) is 0.931. The lowest BCUT2D eigenvalue weighted by molar-refractivity contribution is -0.135. The summed E-state index contributed by atoms with van der Waals surface area (Å²) in [6.45, 7) is 6.49. The van der Waals surface area contributed by atoms with Crippen LogP contribution in [-0.2, 0) is 11.3 Å². The molecule has 0 saturated carbocycles. The number of likely N-dealkylation sites (N-methyl/N-ethyl adjacent to an activating group) is 1. The fourth-order valence-electron chi connectivity index (χ4n) is 4.64. The number of aromatic nitrogens is 2. The van der Waals surface area contributed by atoms with Crippen LogP contribution in [0.15, 0.2) is 33.6 Å². The van der Waals surface area contributed by atoms with Crippen LogP contribution in [0.3, 0.4) is 0 Å². The van der Waals surface area contributed by atoms with Crippen molar-refractivity contribution in [3.8, 4) is 0 Å². The number of nitrogens with zero attached hydrogens (tertiary/aromatic N) is 4. The second-order valence-corrected chi connectivity index (χ2v) is 8.60. The smallest absolute Gasteiger partial charge is 0.251 e. The monoisotopic (exact) mass is 384 g/mol. The second-order valence-electron chi connectivity index (χ2n) is 8.60. The summed E-state index contributed by atoms with van der Waals surface area (Å²) >= 11 is 0. The lowest BCUT2D eigenvalue weighted by Crippen LogP contribution is -2.53. The average molecular weight is 384 g/mol. The van der Waals surface area contributed by atoms with Crippen molar-refractivity contribution < 1.29 is 9.32 Å². The average Bonchev–Trinajstić information content (AvgIpc) is 3.11. The number of hydrogen-bond acceptors (Lipinski definition) is 5. The third-order valence-electron chi connectivity index (χ3n) is 5.95. The molecule has 0 aromatic carbocycles. The van der Waals surface area contributed by atoms with E-state index in [1.807, 2.05) is 12.1 Å². The summed E-state index contributed by atoms with van der Waals surface area (Å²) in [4.78, 5) is 29.5. The summed E-state index contributed by atoms with van der Waals surface area (Å²) in [5.74, 6) is 1.55. The van der Waals surface area contributed by atoms with E-state index in [4.69, 9.17) is 4.52 Å². The van der Waals surface area contributed by atoms with E-state index in [0.29, 0.717) is 12.5 Å². The van der Waals surface area contributed by atoms with Crippen LogP contribution < -0.4 is 5.56 Å².